The number of fused-ring (bicyclic) bond motifs is 1. The van der Waals surface area contributed by atoms with E-state index in [-0.39, 0.29) is 5.56 Å². The van der Waals surface area contributed by atoms with Crippen LogP contribution in [0.25, 0.3) is 5.82 Å². The van der Waals surface area contributed by atoms with Gasteiger partial charge in [-0.3, -0.25) is 4.57 Å². The summed E-state index contributed by atoms with van der Waals surface area (Å²) in [6.07, 6.45) is 5.87. The van der Waals surface area contributed by atoms with Gasteiger partial charge in [0.15, 0.2) is 5.82 Å². The fraction of sp³-hybridized carbons (Fsp3) is 0.357. The Morgan fingerprint density at radius 2 is 2.11 bits per heavy atom. The molecule has 1 aliphatic rings. The predicted octanol–water partition coefficient (Wildman–Crippen LogP) is 2.15. The highest BCUT2D eigenvalue weighted by molar-refractivity contribution is 5.91. The van der Waals surface area contributed by atoms with Crippen LogP contribution >= 0.6 is 0 Å². The van der Waals surface area contributed by atoms with Crippen molar-refractivity contribution in [3.63, 3.8) is 0 Å². The van der Waals surface area contributed by atoms with Gasteiger partial charge in [-0.25, -0.2) is 14.8 Å². The number of aromatic nitrogens is 3. The number of pyridine rings is 1. The largest absolute Gasteiger partial charge is 0.478 e. The molecule has 5 nitrogen and oxygen atoms in total. The summed E-state index contributed by atoms with van der Waals surface area (Å²) < 4.78 is 1.84. The van der Waals surface area contributed by atoms with Crippen LogP contribution in [0.4, 0.5) is 0 Å². The molecule has 2 aromatic heterocycles. The summed E-state index contributed by atoms with van der Waals surface area (Å²) in [7, 11) is 0. The van der Waals surface area contributed by atoms with Gasteiger partial charge in [-0.05, 0) is 44.7 Å². The Balaban J connectivity index is 2.19. The minimum absolute atomic E-state index is 0.219. The second kappa shape index (κ2) is 4.50. The van der Waals surface area contributed by atoms with Crippen LogP contribution in [0.3, 0.4) is 0 Å². The molecule has 0 radical (unpaired) electrons. The number of imidazole rings is 1. The smallest absolute Gasteiger partial charge is 0.339 e. The van der Waals surface area contributed by atoms with Gasteiger partial charge in [-0.1, -0.05) is 0 Å². The van der Waals surface area contributed by atoms with E-state index in [0.29, 0.717) is 5.82 Å². The van der Waals surface area contributed by atoms with Gasteiger partial charge in [0, 0.05) is 11.4 Å². The topological polar surface area (TPSA) is 68.0 Å². The third-order valence-corrected chi connectivity index (χ3v) is 3.50. The maximum Gasteiger partial charge on any atom is 0.339 e. The van der Waals surface area contributed by atoms with Crippen LogP contribution < -0.4 is 0 Å². The lowest BCUT2D eigenvalue weighted by molar-refractivity contribution is 0.0696. The third-order valence-electron chi connectivity index (χ3n) is 3.50. The van der Waals surface area contributed by atoms with Crippen molar-refractivity contribution in [1.29, 1.82) is 0 Å². The molecule has 5 heteroatoms. The van der Waals surface area contributed by atoms with Crippen molar-refractivity contribution in [2.45, 2.75) is 32.6 Å². The molecule has 2 heterocycles. The van der Waals surface area contributed by atoms with Gasteiger partial charge in [0.25, 0.3) is 0 Å². The fourth-order valence-electron chi connectivity index (χ4n) is 2.55. The second-order valence-corrected chi connectivity index (χ2v) is 4.84. The van der Waals surface area contributed by atoms with Gasteiger partial charge in [0.2, 0.25) is 0 Å². The van der Waals surface area contributed by atoms with Gasteiger partial charge < -0.3 is 5.11 Å². The minimum atomic E-state index is -0.958. The zero-order chi connectivity index (χ0) is 13.4. The van der Waals surface area contributed by atoms with Crippen molar-refractivity contribution >= 4 is 5.97 Å². The molecule has 3 rings (SSSR count). The van der Waals surface area contributed by atoms with E-state index in [9.17, 15) is 9.90 Å². The summed E-state index contributed by atoms with van der Waals surface area (Å²) in [5.41, 5.74) is 3.20. The lowest BCUT2D eigenvalue weighted by Gasteiger charge is -2.15. The van der Waals surface area contributed by atoms with E-state index in [1.807, 2.05) is 11.5 Å². The van der Waals surface area contributed by atoms with Crippen LogP contribution in [0.15, 0.2) is 18.5 Å². The first-order valence-electron chi connectivity index (χ1n) is 6.43. The van der Waals surface area contributed by atoms with Crippen molar-refractivity contribution in [2.75, 3.05) is 0 Å². The number of nitrogens with zero attached hydrogens (tertiary/aromatic N) is 3. The van der Waals surface area contributed by atoms with E-state index in [2.05, 4.69) is 9.97 Å². The van der Waals surface area contributed by atoms with Gasteiger partial charge in [-0.2, -0.15) is 0 Å². The summed E-state index contributed by atoms with van der Waals surface area (Å²) in [6.45, 7) is 1.86. The highest BCUT2D eigenvalue weighted by Gasteiger charge is 2.20. The quantitative estimate of drug-likeness (QED) is 0.895. The monoisotopic (exact) mass is 257 g/mol. The Morgan fingerprint density at radius 3 is 2.89 bits per heavy atom. The van der Waals surface area contributed by atoms with Crippen molar-refractivity contribution in [1.82, 2.24) is 14.5 Å². The number of rotatable bonds is 2. The van der Waals surface area contributed by atoms with Crippen LogP contribution in [0.5, 0.6) is 0 Å². The first-order chi connectivity index (χ1) is 9.16. The van der Waals surface area contributed by atoms with E-state index in [4.69, 9.17) is 0 Å². The van der Waals surface area contributed by atoms with Crippen LogP contribution in [0, 0.1) is 6.92 Å². The molecule has 1 aliphatic carbocycles. The van der Waals surface area contributed by atoms with E-state index in [1.54, 1.807) is 18.5 Å². The summed E-state index contributed by atoms with van der Waals surface area (Å²) >= 11 is 0. The lowest BCUT2D eigenvalue weighted by atomic mass is 10.0. The molecule has 0 bridgehead atoms. The van der Waals surface area contributed by atoms with Crippen LogP contribution in [0.2, 0.25) is 0 Å². The predicted molar refractivity (Wildman–Crippen MR) is 69.7 cm³/mol. The average molecular weight is 257 g/mol. The molecule has 1 N–H and O–H groups in total. The zero-order valence-electron chi connectivity index (χ0n) is 10.8. The molecular formula is C14H15N3O2. The molecule has 19 heavy (non-hydrogen) atoms. The molecule has 0 aliphatic heterocycles. The summed E-state index contributed by atoms with van der Waals surface area (Å²) in [6, 6.07) is 3.32. The first kappa shape index (κ1) is 11.9. The summed E-state index contributed by atoms with van der Waals surface area (Å²) in [4.78, 5) is 20.1. The molecule has 98 valence electrons. The number of carboxylic acid groups (broad SMARTS) is 1. The van der Waals surface area contributed by atoms with Crippen molar-refractivity contribution in [2.24, 2.45) is 0 Å². The highest BCUT2D eigenvalue weighted by Crippen LogP contribution is 2.24. The molecule has 0 saturated carbocycles. The molecule has 0 aromatic carbocycles. The van der Waals surface area contributed by atoms with E-state index in [1.165, 1.54) is 0 Å². The molecule has 0 unspecified atom stereocenters. The number of hydrogen-bond acceptors (Lipinski definition) is 3. The van der Waals surface area contributed by atoms with Gasteiger partial charge >= 0.3 is 5.97 Å². The number of aromatic carboxylic acids is 1. The highest BCUT2D eigenvalue weighted by atomic mass is 16.4. The average Bonchev–Trinajstić information content (AvgIpc) is 2.82. The van der Waals surface area contributed by atoms with Gasteiger partial charge in [0.05, 0.1) is 5.69 Å². The standard InChI is InChI=1S/C14H15N3O2/c1-9-6-7-10(14(18)19)13(16-9)17-8-15-11-4-2-3-5-12(11)17/h6-8H,2-5H2,1H3,(H,18,19). The number of carboxylic acids is 1. The maximum atomic E-state index is 11.3. The Kier molecular flexibility index (Phi) is 2.81. The van der Waals surface area contributed by atoms with E-state index < -0.39 is 5.97 Å². The minimum Gasteiger partial charge on any atom is -0.478 e. The Morgan fingerprint density at radius 1 is 1.32 bits per heavy atom. The number of carbonyl (C=O) groups is 1. The second-order valence-electron chi connectivity index (χ2n) is 4.84. The molecule has 0 fully saturated rings. The molecule has 0 spiro atoms. The Hall–Kier alpha value is -2.17. The number of hydrogen-bond donors (Lipinski definition) is 1. The molecular weight excluding hydrogens is 242 g/mol. The molecule has 0 saturated heterocycles. The SMILES string of the molecule is Cc1ccc(C(=O)O)c(-n2cnc3c2CCCC3)n1. The zero-order valence-corrected chi connectivity index (χ0v) is 10.8. The fourth-order valence-corrected chi connectivity index (χ4v) is 2.55. The van der Waals surface area contributed by atoms with Crippen LogP contribution in [-0.2, 0) is 12.8 Å². The first-order valence-corrected chi connectivity index (χ1v) is 6.43. The lowest BCUT2D eigenvalue weighted by Crippen LogP contribution is -2.12. The van der Waals surface area contributed by atoms with Crippen LogP contribution in [0.1, 0.15) is 40.3 Å². The molecule has 0 amide bonds. The number of aryl methyl sites for hydroxylation is 2. The maximum absolute atomic E-state index is 11.3. The van der Waals surface area contributed by atoms with Crippen molar-refractivity contribution in [3.8, 4) is 5.82 Å². The molecule has 2 aromatic rings. The summed E-state index contributed by atoms with van der Waals surface area (Å²) in [5, 5.41) is 9.29. The summed E-state index contributed by atoms with van der Waals surface area (Å²) in [5.74, 6) is -0.482. The Labute approximate surface area is 110 Å². The van der Waals surface area contributed by atoms with Crippen molar-refractivity contribution < 1.29 is 9.90 Å². The van der Waals surface area contributed by atoms with E-state index >= 15 is 0 Å². The van der Waals surface area contributed by atoms with Gasteiger partial charge in [0.1, 0.15) is 11.9 Å². The van der Waals surface area contributed by atoms with Crippen molar-refractivity contribution in [3.05, 3.63) is 41.1 Å². The normalized spacial score (nSPS) is 14.2. The van der Waals surface area contributed by atoms with Crippen LogP contribution in [-0.4, -0.2) is 25.6 Å². The van der Waals surface area contributed by atoms with Gasteiger partial charge in [-0.15, -0.1) is 0 Å². The molecule has 0 atom stereocenters. The Bertz CT molecular complexity index is 646. The van der Waals surface area contributed by atoms with E-state index in [0.717, 1.165) is 42.8 Å². The third kappa shape index (κ3) is 2.01.